The van der Waals surface area contributed by atoms with Crippen molar-refractivity contribution in [3.63, 3.8) is 0 Å². The molecular formula is C14H16N2O4. The number of carbonyl (C=O) groups is 2. The van der Waals surface area contributed by atoms with E-state index < -0.39 is 5.97 Å². The van der Waals surface area contributed by atoms with Crippen LogP contribution < -0.4 is 0 Å². The van der Waals surface area contributed by atoms with E-state index >= 15 is 0 Å². The number of carbonyl (C=O) groups excluding carboxylic acids is 1. The lowest BCUT2D eigenvalue weighted by atomic mass is 10.1. The summed E-state index contributed by atoms with van der Waals surface area (Å²) >= 11 is 0. The molecule has 1 amide bonds. The second-order valence-electron chi connectivity index (χ2n) is 4.70. The predicted octanol–water partition coefficient (Wildman–Crippen LogP) is 0.634. The van der Waals surface area contributed by atoms with Crippen molar-refractivity contribution in [3.05, 3.63) is 35.7 Å². The Bertz CT molecular complexity index is 542. The zero-order valence-corrected chi connectivity index (χ0v) is 10.9. The first-order valence-electron chi connectivity index (χ1n) is 6.38. The summed E-state index contributed by atoms with van der Waals surface area (Å²) in [4.78, 5) is 28.6. The first-order chi connectivity index (χ1) is 9.61. The van der Waals surface area contributed by atoms with Crippen LogP contribution in [0.4, 0.5) is 0 Å². The summed E-state index contributed by atoms with van der Waals surface area (Å²) in [5.74, 6) is -1.19. The van der Waals surface area contributed by atoms with Gasteiger partial charge in [-0.05, 0) is 18.6 Å². The Hall–Kier alpha value is -2.21. The van der Waals surface area contributed by atoms with Gasteiger partial charge in [-0.25, -0.2) is 4.79 Å². The maximum absolute atomic E-state index is 12.4. The van der Waals surface area contributed by atoms with E-state index in [1.165, 1.54) is 12.3 Å². The zero-order valence-electron chi connectivity index (χ0n) is 10.9. The summed E-state index contributed by atoms with van der Waals surface area (Å²) in [5.41, 5.74) is 0.718. The molecule has 1 saturated heterocycles. The first-order valence-corrected chi connectivity index (χ1v) is 6.38. The van der Waals surface area contributed by atoms with Crippen molar-refractivity contribution in [1.82, 2.24) is 9.88 Å². The molecule has 0 spiro atoms. The molecule has 1 aliphatic rings. The minimum Gasteiger partial charge on any atom is -0.478 e. The summed E-state index contributed by atoms with van der Waals surface area (Å²) in [6, 6.07) is 3.30. The van der Waals surface area contributed by atoms with E-state index in [9.17, 15) is 9.59 Å². The van der Waals surface area contributed by atoms with Gasteiger partial charge in [-0.3, -0.25) is 9.78 Å². The SMILES string of the molecule is O=C(O)/C=C/c1cccnc1C(=O)N1CCC(CO)C1. The molecule has 1 atom stereocenters. The fourth-order valence-corrected chi connectivity index (χ4v) is 2.21. The van der Waals surface area contributed by atoms with Crippen molar-refractivity contribution in [1.29, 1.82) is 0 Å². The van der Waals surface area contributed by atoms with Gasteiger partial charge < -0.3 is 15.1 Å². The highest BCUT2D eigenvalue weighted by Crippen LogP contribution is 2.19. The summed E-state index contributed by atoms with van der Waals surface area (Å²) in [5, 5.41) is 17.8. The zero-order chi connectivity index (χ0) is 14.5. The Kier molecular flexibility index (Phi) is 4.47. The monoisotopic (exact) mass is 276 g/mol. The molecule has 0 aromatic carbocycles. The van der Waals surface area contributed by atoms with Crippen molar-refractivity contribution in [3.8, 4) is 0 Å². The smallest absolute Gasteiger partial charge is 0.328 e. The average molecular weight is 276 g/mol. The number of nitrogens with zero attached hydrogens (tertiary/aromatic N) is 2. The van der Waals surface area contributed by atoms with Crippen LogP contribution in [0.5, 0.6) is 0 Å². The average Bonchev–Trinajstić information content (AvgIpc) is 2.93. The van der Waals surface area contributed by atoms with Crippen molar-refractivity contribution in [2.24, 2.45) is 5.92 Å². The molecule has 2 rings (SSSR count). The molecule has 0 aliphatic carbocycles. The predicted molar refractivity (Wildman–Crippen MR) is 72.0 cm³/mol. The Labute approximate surface area is 116 Å². The minimum absolute atomic E-state index is 0.0672. The van der Waals surface area contributed by atoms with Crippen LogP contribution in [-0.4, -0.2) is 51.7 Å². The number of likely N-dealkylation sites (tertiary alicyclic amines) is 1. The lowest BCUT2D eigenvalue weighted by molar-refractivity contribution is -0.131. The van der Waals surface area contributed by atoms with E-state index in [2.05, 4.69) is 4.98 Å². The lowest BCUT2D eigenvalue weighted by Gasteiger charge is -2.16. The number of amides is 1. The molecule has 0 saturated carbocycles. The number of hydrogen-bond acceptors (Lipinski definition) is 4. The molecule has 2 N–H and O–H groups in total. The fraction of sp³-hybridized carbons (Fsp3) is 0.357. The quantitative estimate of drug-likeness (QED) is 0.787. The molecule has 1 aromatic rings. The first kappa shape index (κ1) is 14.2. The molecule has 1 fully saturated rings. The van der Waals surface area contributed by atoms with Gasteiger partial charge >= 0.3 is 5.97 Å². The van der Waals surface area contributed by atoms with Crippen LogP contribution in [0.2, 0.25) is 0 Å². The van der Waals surface area contributed by atoms with Crippen molar-refractivity contribution in [2.75, 3.05) is 19.7 Å². The highest BCUT2D eigenvalue weighted by Gasteiger charge is 2.27. The molecule has 6 heteroatoms. The van der Waals surface area contributed by atoms with E-state index in [4.69, 9.17) is 10.2 Å². The van der Waals surface area contributed by atoms with Gasteiger partial charge in [0.1, 0.15) is 5.69 Å². The molecule has 1 aromatic heterocycles. The molecule has 0 radical (unpaired) electrons. The number of hydrogen-bond donors (Lipinski definition) is 2. The van der Waals surface area contributed by atoms with Crippen LogP contribution in [0.3, 0.4) is 0 Å². The van der Waals surface area contributed by atoms with Crippen LogP contribution in [0.1, 0.15) is 22.5 Å². The third-order valence-electron chi connectivity index (χ3n) is 3.28. The van der Waals surface area contributed by atoms with Gasteiger partial charge in [0, 0.05) is 43.5 Å². The van der Waals surface area contributed by atoms with Crippen molar-refractivity contribution in [2.45, 2.75) is 6.42 Å². The number of carboxylic acids is 1. The number of aliphatic hydroxyl groups excluding tert-OH is 1. The van der Waals surface area contributed by atoms with Crippen LogP contribution in [-0.2, 0) is 4.79 Å². The summed E-state index contributed by atoms with van der Waals surface area (Å²) in [6.07, 6.45) is 4.62. The third kappa shape index (κ3) is 3.21. The standard InChI is InChI=1S/C14H16N2O4/c17-9-10-5-7-16(8-10)14(20)13-11(2-1-6-15-13)3-4-12(18)19/h1-4,6,10,17H,5,7-9H2,(H,18,19)/b4-3+. The maximum Gasteiger partial charge on any atom is 0.328 e. The van der Waals surface area contributed by atoms with Crippen LogP contribution >= 0.6 is 0 Å². The summed E-state index contributed by atoms with van der Waals surface area (Å²) in [6.45, 7) is 1.16. The van der Waals surface area contributed by atoms with Gasteiger partial charge in [0.2, 0.25) is 0 Å². The van der Waals surface area contributed by atoms with E-state index in [1.807, 2.05) is 0 Å². The van der Waals surface area contributed by atoms with Crippen LogP contribution in [0, 0.1) is 5.92 Å². The lowest BCUT2D eigenvalue weighted by Crippen LogP contribution is -2.30. The molecule has 1 unspecified atom stereocenters. The summed E-state index contributed by atoms with van der Waals surface area (Å²) in [7, 11) is 0. The number of pyridine rings is 1. The van der Waals surface area contributed by atoms with E-state index in [0.29, 0.717) is 18.7 Å². The van der Waals surface area contributed by atoms with Crippen molar-refractivity contribution < 1.29 is 19.8 Å². The fourth-order valence-electron chi connectivity index (χ4n) is 2.21. The highest BCUT2D eigenvalue weighted by atomic mass is 16.4. The van der Waals surface area contributed by atoms with E-state index in [1.54, 1.807) is 17.0 Å². The van der Waals surface area contributed by atoms with Crippen LogP contribution in [0.25, 0.3) is 6.08 Å². The van der Waals surface area contributed by atoms with Crippen molar-refractivity contribution >= 4 is 18.0 Å². The maximum atomic E-state index is 12.4. The van der Waals surface area contributed by atoms with Crippen LogP contribution in [0.15, 0.2) is 24.4 Å². The Morgan fingerprint density at radius 2 is 2.30 bits per heavy atom. The number of aliphatic carboxylic acids is 1. The molecule has 0 bridgehead atoms. The number of aromatic nitrogens is 1. The normalized spacial score (nSPS) is 18.6. The second kappa shape index (κ2) is 6.29. The summed E-state index contributed by atoms with van der Waals surface area (Å²) < 4.78 is 0. The largest absolute Gasteiger partial charge is 0.478 e. The third-order valence-corrected chi connectivity index (χ3v) is 3.28. The van der Waals surface area contributed by atoms with E-state index in [0.717, 1.165) is 12.5 Å². The molecule has 106 valence electrons. The highest BCUT2D eigenvalue weighted by molar-refractivity contribution is 5.97. The molecule has 20 heavy (non-hydrogen) atoms. The molecule has 6 nitrogen and oxygen atoms in total. The Balaban J connectivity index is 2.20. The van der Waals surface area contributed by atoms with Gasteiger partial charge in [0.15, 0.2) is 0 Å². The topological polar surface area (TPSA) is 90.7 Å². The van der Waals surface area contributed by atoms with Gasteiger partial charge in [-0.2, -0.15) is 0 Å². The molecule has 1 aliphatic heterocycles. The number of rotatable bonds is 4. The Morgan fingerprint density at radius 3 is 2.95 bits per heavy atom. The van der Waals surface area contributed by atoms with E-state index in [-0.39, 0.29) is 24.1 Å². The van der Waals surface area contributed by atoms with Gasteiger partial charge in [0.05, 0.1) is 0 Å². The number of aliphatic hydroxyl groups is 1. The number of carboxylic acid groups (broad SMARTS) is 1. The molecular weight excluding hydrogens is 260 g/mol. The molecule has 2 heterocycles. The van der Waals surface area contributed by atoms with Gasteiger partial charge in [-0.15, -0.1) is 0 Å². The minimum atomic E-state index is -1.08. The second-order valence-corrected chi connectivity index (χ2v) is 4.70. The van der Waals surface area contributed by atoms with Gasteiger partial charge in [-0.1, -0.05) is 6.07 Å². The Morgan fingerprint density at radius 1 is 1.50 bits per heavy atom. The van der Waals surface area contributed by atoms with Gasteiger partial charge in [0.25, 0.3) is 5.91 Å².